The summed E-state index contributed by atoms with van der Waals surface area (Å²) in [6, 6.07) is 10.9. The molecule has 0 bridgehead atoms. The molecular weight excluding hydrogens is 376 g/mol. The highest BCUT2D eigenvalue weighted by atomic mass is 32.1. The molecule has 3 aromatic rings. The van der Waals surface area contributed by atoms with Gasteiger partial charge >= 0.3 is 5.97 Å². The molecule has 146 valence electrons. The molecule has 0 aliphatic rings. The summed E-state index contributed by atoms with van der Waals surface area (Å²) in [6.07, 6.45) is 0. The zero-order valence-corrected chi connectivity index (χ0v) is 17.1. The van der Waals surface area contributed by atoms with Crippen LogP contribution in [0, 0.1) is 13.8 Å². The highest BCUT2D eigenvalue weighted by Gasteiger charge is 2.13. The molecule has 0 saturated heterocycles. The van der Waals surface area contributed by atoms with Crippen LogP contribution in [0.1, 0.15) is 28.4 Å². The van der Waals surface area contributed by atoms with E-state index in [1.54, 1.807) is 28.8 Å². The van der Waals surface area contributed by atoms with Gasteiger partial charge in [-0.25, -0.2) is 0 Å². The fourth-order valence-electron chi connectivity index (χ4n) is 2.77. The predicted octanol–water partition coefficient (Wildman–Crippen LogP) is 3.63. The van der Waals surface area contributed by atoms with Crippen LogP contribution in [0.5, 0.6) is 5.75 Å². The number of hydrogen-bond acceptors (Lipinski definition) is 5. The Morgan fingerprint density at radius 3 is 2.43 bits per heavy atom. The van der Waals surface area contributed by atoms with E-state index in [9.17, 15) is 9.59 Å². The molecule has 0 spiro atoms. The number of esters is 1. The maximum absolute atomic E-state index is 12.7. The average molecular weight is 398 g/mol. The number of ether oxygens (including phenoxy) is 2. The first-order valence-electron chi connectivity index (χ1n) is 8.92. The Morgan fingerprint density at radius 1 is 1.11 bits per heavy atom. The topological polar surface area (TPSA) is 69.9 Å². The van der Waals surface area contributed by atoms with Crippen molar-refractivity contribution in [3.8, 4) is 5.75 Å². The molecule has 1 amide bonds. The van der Waals surface area contributed by atoms with Crippen LogP contribution in [0.4, 0.5) is 0 Å². The lowest BCUT2D eigenvalue weighted by molar-refractivity contribution is -0.141. The standard InChI is InChI=1S/C21H22N2O4S/c1-5-27-16-8-6-15(7-9-16)20(25)22-21-23(12-19(24)26-4)17-10-13(2)14(3)11-18(17)28-21/h6-11H,5,12H2,1-4H3. The van der Waals surface area contributed by atoms with Crippen molar-refractivity contribution in [2.45, 2.75) is 27.3 Å². The third-order valence-corrected chi connectivity index (χ3v) is 5.46. The van der Waals surface area contributed by atoms with Crippen LogP contribution in [-0.2, 0) is 16.1 Å². The maximum atomic E-state index is 12.7. The molecule has 2 aromatic carbocycles. The third-order valence-electron chi connectivity index (χ3n) is 4.42. The van der Waals surface area contributed by atoms with Crippen molar-refractivity contribution in [1.29, 1.82) is 0 Å². The molecule has 6 nitrogen and oxygen atoms in total. The molecule has 0 N–H and O–H groups in total. The number of aryl methyl sites for hydroxylation is 2. The Bertz CT molecular complexity index is 1090. The van der Waals surface area contributed by atoms with Gasteiger partial charge in [0.15, 0.2) is 4.80 Å². The molecular formula is C21H22N2O4S. The molecule has 0 aliphatic carbocycles. The molecule has 0 aliphatic heterocycles. The number of fused-ring (bicyclic) bond motifs is 1. The lowest BCUT2D eigenvalue weighted by atomic mass is 10.1. The van der Waals surface area contributed by atoms with Gasteiger partial charge in [-0.2, -0.15) is 4.99 Å². The highest BCUT2D eigenvalue weighted by molar-refractivity contribution is 7.16. The SMILES string of the molecule is CCOc1ccc(C(=O)N=c2sc3cc(C)c(C)cc3n2CC(=O)OC)cc1. The number of nitrogens with zero attached hydrogens (tertiary/aromatic N) is 2. The van der Waals surface area contributed by atoms with Crippen LogP contribution in [0.25, 0.3) is 10.2 Å². The Balaban J connectivity index is 2.08. The van der Waals surface area contributed by atoms with Crippen molar-refractivity contribution in [3.63, 3.8) is 0 Å². The van der Waals surface area contributed by atoms with Crippen molar-refractivity contribution in [1.82, 2.24) is 4.57 Å². The number of aromatic nitrogens is 1. The van der Waals surface area contributed by atoms with Gasteiger partial charge in [-0.3, -0.25) is 9.59 Å². The average Bonchev–Trinajstić information content (AvgIpc) is 2.99. The van der Waals surface area contributed by atoms with Crippen molar-refractivity contribution in [2.75, 3.05) is 13.7 Å². The third kappa shape index (κ3) is 4.14. The van der Waals surface area contributed by atoms with Gasteiger partial charge in [0.2, 0.25) is 0 Å². The molecule has 0 unspecified atom stereocenters. The van der Waals surface area contributed by atoms with Gasteiger partial charge in [0.1, 0.15) is 12.3 Å². The second-order valence-electron chi connectivity index (χ2n) is 6.33. The van der Waals surface area contributed by atoms with Gasteiger partial charge in [-0.15, -0.1) is 0 Å². The van der Waals surface area contributed by atoms with Crippen molar-refractivity contribution in [2.24, 2.45) is 4.99 Å². The minimum atomic E-state index is -0.395. The summed E-state index contributed by atoms with van der Waals surface area (Å²) in [7, 11) is 1.34. The van der Waals surface area contributed by atoms with E-state index in [4.69, 9.17) is 9.47 Å². The van der Waals surface area contributed by atoms with E-state index >= 15 is 0 Å². The molecule has 0 atom stereocenters. The molecule has 1 heterocycles. The quantitative estimate of drug-likeness (QED) is 0.616. The molecule has 28 heavy (non-hydrogen) atoms. The van der Waals surface area contributed by atoms with Crippen molar-refractivity contribution >= 4 is 33.4 Å². The van der Waals surface area contributed by atoms with E-state index in [2.05, 4.69) is 4.99 Å². The van der Waals surface area contributed by atoms with Gasteiger partial charge in [0.25, 0.3) is 5.91 Å². The molecule has 3 rings (SSSR count). The number of carbonyl (C=O) groups excluding carboxylic acids is 2. The lowest BCUT2D eigenvalue weighted by Crippen LogP contribution is -2.22. The summed E-state index contributed by atoms with van der Waals surface area (Å²) in [5.41, 5.74) is 3.56. The van der Waals surface area contributed by atoms with Gasteiger partial charge < -0.3 is 14.0 Å². The molecule has 0 saturated carbocycles. The number of methoxy groups -OCH3 is 1. The number of carbonyl (C=O) groups is 2. The molecule has 1 aromatic heterocycles. The van der Waals surface area contributed by atoms with E-state index in [-0.39, 0.29) is 12.5 Å². The van der Waals surface area contributed by atoms with Crippen LogP contribution in [0.15, 0.2) is 41.4 Å². The van der Waals surface area contributed by atoms with E-state index < -0.39 is 5.97 Å². The van der Waals surface area contributed by atoms with E-state index in [1.807, 2.05) is 32.9 Å². The minimum absolute atomic E-state index is 0.00556. The van der Waals surface area contributed by atoms with Crippen LogP contribution in [0.2, 0.25) is 0 Å². The van der Waals surface area contributed by atoms with Gasteiger partial charge in [-0.05, 0) is 68.3 Å². The number of rotatable bonds is 5. The summed E-state index contributed by atoms with van der Waals surface area (Å²) >= 11 is 1.38. The van der Waals surface area contributed by atoms with E-state index in [1.165, 1.54) is 18.4 Å². The van der Waals surface area contributed by atoms with E-state index in [0.717, 1.165) is 21.3 Å². The summed E-state index contributed by atoms with van der Waals surface area (Å²) < 4.78 is 12.9. The summed E-state index contributed by atoms with van der Waals surface area (Å²) in [5.74, 6) is -0.0674. The second-order valence-corrected chi connectivity index (χ2v) is 7.33. The van der Waals surface area contributed by atoms with Crippen molar-refractivity contribution in [3.05, 3.63) is 57.9 Å². The maximum Gasteiger partial charge on any atom is 0.325 e. The Kier molecular flexibility index (Phi) is 5.94. The second kappa shape index (κ2) is 8.39. The molecule has 7 heteroatoms. The zero-order valence-electron chi connectivity index (χ0n) is 16.3. The highest BCUT2D eigenvalue weighted by Crippen LogP contribution is 2.22. The molecule has 0 radical (unpaired) electrons. The summed E-state index contributed by atoms with van der Waals surface area (Å²) in [4.78, 5) is 29.3. The number of amides is 1. The number of thiazole rings is 1. The van der Waals surface area contributed by atoms with Crippen LogP contribution >= 0.6 is 11.3 Å². The van der Waals surface area contributed by atoms with Crippen LogP contribution in [0.3, 0.4) is 0 Å². The Morgan fingerprint density at radius 2 is 1.79 bits per heavy atom. The van der Waals surface area contributed by atoms with Crippen LogP contribution in [-0.4, -0.2) is 30.2 Å². The monoisotopic (exact) mass is 398 g/mol. The summed E-state index contributed by atoms with van der Waals surface area (Å²) in [6.45, 7) is 6.50. The van der Waals surface area contributed by atoms with Crippen molar-refractivity contribution < 1.29 is 19.1 Å². The van der Waals surface area contributed by atoms with Gasteiger partial charge in [0, 0.05) is 5.56 Å². The Hall–Kier alpha value is -2.93. The normalized spacial score (nSPS) is 11.6. The van der Waals surface area contributed by atoms with Gasteiger partial charge in [0.05, 0.1) is 23.9 Å². The number of hydrogen-bond donors (Lipinski definition) is 0. The zero-order chi connectivity index (χ0) is 20.3. The summed E-state index contributed by atoms with van der Waals surface area (Å²) in [5, 5.41) is 0. The fraction of sp³-hybridized carbons (Fsp3) is 0.286. The van der Waals surface area contributed by atoms with Gasteiger partial charge in [-0.1, -0.05) is 11.3 Å². The lowest BCUT2D eigenvalue weighted by Gasteiger charge is -2.06. The molecule has 0 fully saturated rings. The van der Waals surface area contributed by atoms with Crippen LogP contribution < -0.4 is 9.54 Å². The first-order valence-corrected chi connectivity index (χ1v) is 9.74. The van der Waals surface area contributed by atoms with E-state index in [0.29, 0.717) is 22.7 Å². The smallest absolute Gasteiger partial charge is 0.325 e. The first-order chi connectivity index (χ1) is 13.4. The first kappa shape index (κ1) is 19.8. The largest absolute Gasteiger partial charge is 0.494 e. The predicted molar refractivity (Wildman–Crippen MR) is 109 cm³/mol. The minimum Gasteiger partial charge on any atom is -0.494 e. The number of benzene rings is 2. The fourth-order valence-corrected chi connectivity index (χ4v) is 3.87. The Labute approximate surface area is 167 Å².